The smallest absolute Gasteiger partial charge is 0.371 e. The summed E-state index contributed by atoms with van der Waals surface area (Å²) in [7, 11) is -5.17. The number of rotatable bonds is 4. The maximum absolute atomic E-state index is 13.2. The summed E-state index contributed by atoms with van der Waals surface area (Å²) < 4.78 is 81.0. The van der Waals surface area contributed by atoms with Gasteiger partial charge in [-0.3, -0.25) is 10.1 Å². The molecule has 12 heteroatoms. The Morgan fingerprint density at radius 2 is 1.76 bits per heavy atom. The molecule has 0 aliphatic carbocycles. The van der Waals surface area contributed by atoms with E-state index in [1.165, 1.54) is 0 Å². The van der Waals surface area contributed by atoms with Gasteiger partial charge in [0.05, 0.1) is 10.5 Å². The van der Waals surface area contributed by atoms with Gasteiger partial charge in [-0.1, -0.05) is 11.6 Å². The zero-order valence-corrected chi connectivity index (χ0v) is 13.3. The van der Waals surface area contributed by atoms with Crippen LogP contribution < -0.4 is 4.18 Å². The Kier molecular flexibility index (Phi) is 4.91. The van der Waals surface area contributed by atoms with E-state index < -0.39 is 48.9 Å². The molecule has 2 rings (SSSR count). The molecular weight excluding hydrogens is 394 g/mol. The topological polar surface area (TPSA) is 86.5 Å². The Morgan fingerprint density at radius 3 is 2.32 bits per heavy atom. The van der Waals surface area contributed by atoms with Gasteiger partial charge in [0, 0.05) is 17.2 Å². The minimum Gasteiger partial charge on any atom is -0.371 e. The highest BCUT2D eigenvalue weighted by atomic mass is 35.5. The Morgan fingerprint density at radius 1 is 1.12 bits per heavy atom. The Balaban J connectivity index is 2.59. The van der Waals surface area contributed by atoms with Crippen LogP contribution in [-0.4, -0.2) is 13.3 Å². The summed E-state index contributed by atoms with van der Waals surface area (Å²) in [5.41, 5.74) is -2.56. The van der Waals surface area contributed by atoms with Crippen molar-refractivity contribution in [2.45, 2.75) is 11.1 Å². The molecule has 0 unspecified atom stereocenters. The lowest BCUT2D eigenvalue weighted by atomic mass is 10.2. The predicted octanol–water partition coefficient (Wildman–Crippen LogP) is 4.17. The van der Waals surface area contributed by atoms with Gasteiger partial charge in [-0.05, 0) is 24.3 Å². The molecule has 2 aromatic carbocycles. The van der Waals surface area contributed by atoms with Crippen molar-refractivity contribution in [2.75, 3.05) is 0 Å². The van der Waals surface area contributed by atoms with E-state index in [0.29, 0.717) is 30.3 Å². The summed E-state index contributed by atoms with van der Waals surface area (Å²) in [6.07, 6.45) is -5.09. The van der Waals surface area contributed by atoms with Crippen molar-refractivity contribution < 1.29 is 35.1 Å². The Labute approximate surface area is 142 Å². The lowest BCUT2D eigenvalue weighted by Gasteiger charge is -2.14. The number of alkyl halides is 3. The SMILES string of the molecule is O=[N+]([O-])c1ccc(F)cc1OS(=O)(=O)c1ccc(Cl)cc1C(F)(F)F. The predicted molar refractivity (Wildman–Crippen MR) is 77.3 cm³/mol. The van der Waals surface area contributed by atoms with Crippen molar-refractivity contribution in [2.24, 2.45) is 0 Å². The van der Waals surface area contributed by atoms with Crippen molar-refractivity contribution in [1.82, 2.24) is 0 Å². The fourth-order valence-corrected chi connectivity index (χ4v) is 3.12. The molecular formula is C13H6ClF4NO5S. The first kappa shape index (κ1) is 18.9. The molecule has 134 valence electrons. The average molecular weight is 400 g/mol. The van der Waals surface area contributed by atoms with Crippen LogP contribution in [0, 0.1) is 15.9 Å². The highest BCUT2D eigenvalue weighted by Gasteiger charge is 2.39. The van der Waals surface area contributed by atoms with E-state index in [0.717, 1.165) is 6.07 Å². The van der Waals surface area contributed by atoms with Crippen LogP contribution in [0.4, 0.5) is 23.2 Å². The van der Waals surface area contributed by atoms with Crippen LogP contribution in [0.15, 0.2) is 41.3 Å². The van der Waals surface area contributed by atoms with E-state index >= 15 is 0 Å². The zero-order chi connectivity index (χ0) is 19.0. The van der Waals surface area contributed by atoms with E-state index in [9.17, 15) is 36.1 Å². The normalized spacial score (nSPS) is 12.0. The number of hydrogen-bond acceptors (Lipinski definition) is 5. The van der Waals surface area contributed by atoms with E-state index in [4.69, 9.17) is 11.6 Å². The molecule has 0 atom stereocenters. The third-order valence-corrected chi connectivity index (χ3v) is 4.36. The minimum absolute atomic E-state index is 0.359. The molecule has 0 radical (unpaired) electrons. The summed E-state index contributed by atoms with van der Waals surface area (Å²) in [5.74, 6) is -2.14. The molecule has 0 aliphatic rings. The molecule has 0 bridgehead atoms. The summed E-state index contributed by atoms with van der Waals surface area (Å²) in [6.45, 7) is 0. The van der Waals surface area contributed by atoms with E-state index in [1.54, 1.807) is 0 Å². The highest BCUT2D eigenvalue weighted by Crippen LogP contribution is 2.38. The van der Waals surface area contributed by atoms with Gasteiger partial charge < -0.3 is 4.18 Å². The molecule has 0 saturated heterocycles. The third kappa shape index (κ3) is 4.17. The van der Waals surface area contributed by atoms with Gasteiger partial charge in [0.15, 0.2) is 0 Å². The second-order valence-electron chi connectivity index (χ2n) is 4.54. The van der Waals surface area contributed by atoms with Gasteiger partial charge in [-0.15, -0.1) is 0 Å². The number of nitro benzene ring substituents is 1. The monoisotopic (exact) mass is 399 g/mol. The minimum atomic E-state index is -5.17. The van der Waals surface area contributed by atoms with Crippen molar-refractivity contribution in [3.05, 3.63) is 62.9 Å². The number of nitrogens with zero attached hydrogens (tertiary/aromatic N) is 1. The maximum atomic E-state index is 13.2. The quantitative estimate of drug-likeness (QED) is 0.333. The number of hydrogen-bond donors (Lipinski definition) is 0. The van der Waals surface area contributed by atoms with Crippen molar-refractivity contribution in [3.8, 4) is 5.75 Å². The molecule has 0 heterocycles. The highest BCUT2D eigenvalue weighted by molar-refractivity contribution is 7.87. The first-order chi connectivity index (χ1) is 11.4. The second-order valence-corrected chi connectivity index (χ2v) is 6.50. The zero-order valence-electron chi connectivity index (χ0n) is 11.8. The van der Waals surface area contributed by atoms with Crippen LogP contribution >= 0.6 is 11.6 Å². The van der Waals surface area contributed by atoms with Crippen molar-refractivity contribution in [1.29, 1.82) is 0 Å². The maximum Gasteiger partial charge on any atom is 0.417 e. The fourth-order valence-electron chi connectivity index (χ4n) is 1.81. The number of nitro groups is 1. The summed E-state index contributed by atoms with van der Waals surface area (Å²) in [4.78, 5) is 8.45. The second kappa shape index (κ2) is 6.48. The largest absolute Gasteiger partial charge is 0.417 e. The van der Waals surface area contributed by atoms with Gasteiger partial charge in [0.25, 0.3) is 0 Å². The molecule has 2 aromatic rings. The molecule has 6 nitrogen and oxygen atoms in total. The van der Waals surface area contributed by atoms with E-state index in [-0.39, 0.29) is 5.02 Å². The van der Waals surface area contributed by atoms with Crippen LogP contribution in [0.1, 0.15) is 5.56 Å². The number of benzene rings is 2. The average Bonchev–Trinajstić information content (AvgIpc) is 2.45. The molecule has 0 aliphatic heterocycles. The molecule has 0 spiro atoms. The molecule has 25 heavy (non-hydrogen) atoms. The van der Waals surface area contributed by atoms with Crippen LogP contribution in [-0.2, 0) is 16.3 Å². The standard InChI is InChI=1S/C13H6ClF4NO5S/c14-7-1-4-12(9(5-7)13(16,17)18)25(22,23)24-11-6-8(15)2-3-10(11)19(20)21/h1-6H. The molecule has 0 amide bonds. The third-order valence-electron chi connectivity index (χ3n) is 2.83. The molecule has 0 aromatic heterocycles. The van der Waals surface area contributed by atoms with E-state index in [2.05, 4.69) is 4.18 Å². The first-order valence-corrected chi connectivity index (χ1v) is 7.95. The summed E-state index contributed by atoms with van der Waals surface area (Å²) >= 11 is 5.45. The van der Waals surface area contributed by atoms with Crippen molar-refractivity contribution in [3.63, 3.8) is 0 Å². The molecule has 0 N–H and O–H groups in total. The van der Waals surface area contributed by atoms with Gasteiger partial charge >= 0.3 is 22.0 Å². The van der Waals surface area contributed by atoms with Gasteiger partial charge in [0.1, 0.15) is 10.7 Å². The van der Waals surface area contributed by atoms with Gasteiger partial charge in [-0.25, -0.2) is 4.39 Å². The van der Waals surface area contributed by atoms with Gasteiger partial charge in [-0.2, -0.15) is 21.6 Å². The van der Waals surface area contributed by atoms with E-state index in [1.807, 2.05) is 0 Å². The number of halogens is 5. The summed E-state index contributed by atoms with van der Waals surface area (Å²) in [5, 5.41) is 10.5. The Hall–Kier alpha value is -2.40. The fraction of sp³-hybridized carbons (Fsp3) is 0.0769. The van der Waals surface area contributed by atoms with Crippen LogP contribution in [0.2, 0.25) is 5.02 Å². The van der Waals surface area contributed by atoms with Crippen LogP contribution in [0.3, 0.4) is 0 Å². The van der Waals surface area contributed by atoms with Crippen molar-refractivity contribution >= 4 is 27.4 Å². The lowest BCUT2D eigenvalue weighted by Crippen LogP contribution is -2.17. The summed E-state index contributed by atoms with van der Waals surface area (Å²) in [6, 6.07) is 3.42. The van der Waals surface area contributed by atoms with Crippen LogP contribution in [0.5, 0.6) is 5.75 Å². The van der Waals surface area contributed by atoms with Crippen LogP contribution in [0.25, 0.3) is 0 Å². The van der Waals surface area contributed by atoms with Gasteiger partial charge in [0.2, 0.25) is 5.75 Å². The molecule has 0 fully saturated rings. The molecule has 0 saturated carbocycles. The lowest BCUT2D eigenvalue weighted by molar-refractivity contribution is -0.385. The first-order valence-electron chi connectivity index (χ1n) is 6.17. The Bertz CT molecular complexity index is 946.